The van der Waals surface area contributed by atoms with Crippen LogP contribution in [0.2, 0.25) is 0 Å². The van der Waals surface area contributed by atoms with Gasteiger partial charge in [0.1, 0.15) is 11.5 Å². The third kappa shape index (κ3) is 6.08. The van der Waals surface area contributed by atoms with Gasteiger partial charge in [0.15, 0.2) is 6.61 Å². The first-order valence-corrected chi connectivity index (χ1v) is 6.58. The lowest BCUT2D eigenvalue weighted by molar-refractivity contribution is -0.143. The van der Waals surface area contributed by atoms with Crippen LogP contribution in [0.25, 0.3) is 6.08 Å². The fraction of sp³-hybridized carbons (Fsp3) is 0.267. The summed E-state index contributed by atoms with van der Waals surface area (Å²) < 4.78 is 15.0. The molecule has 8 nitrogen and oxygen atoms in total. The summed E-state index contributed by atoms with van der Waals surface area (Å²) in [5, 5.41) is 4.17. The van der Waals surface area contributed by atoms with Crippen molar-refractivity contribution in [1.82, 2.24) is 10.6 Å². The average Bonchev–Trinajstić information content (AvgIpc) is 2.57. The molecule has 0 atom stereocenters. The quantitative estimate of drug-likeness (QED) is 0.591. The van der Waals surface area contributed by atoms with E-state index in [0.29, 0.717) is 17.1 Å². The predicted octanol–water partition coefficient (Wildman–Crippen LogP) is 0.716. The van der Waals surface area contributed by atoms with Crippen LogP contribution < -0.4 is 20.1 Å². The Balaban J connectivity index is 2.61. The lowest BCUT2D eigenvalue weighted by Crippen LogP contribution is -2.39. The Bertz CT molecular complexity index is 612. The third-order valence-electron chi connectivity index (χ3n) is 2.66. The maximum absolute atomic E-state index is 11.6. The molecule has 1 aromatic carbocycles. The van der Waals surface area contributed by atoms with Crippen molar-refractivity contribution < 1.29 is 28.6 Å². The molecule has 0 aromatic heterocycles. The summed E-state index contributed by atoms with van der Waals surface area (Å²) in [5.41, 5.74) is 0.610. The van der Waals surface area contributed by atoms with Crippen molar-refractivity contribution in [2.45, 2.75) is 0 Å². The highest BCUT2D eigenvalue weighted by molar-refractivity contribution is 5.96. The van der Waals surface area contributed by atoms with Crippen molar-refractivity contribution in [2.24, 2.45) is 0 Å². The second kappa shape index (κ2) is 9.08. The zero-order valence-electron chi connectivity index (χ0n) is 13.0. The van der Waals surface area contributed by atoms with E-state index in [1.807, 2.05) is 5.32 Å². The molecule has 2 N–H and O–H groups in total. The van der Waals surface area contributed by atoms with Crippen molar-refractivity contribution in [3.05, 3.63) is 29.8 Å². The number of carbonyl (C=O) groups is 3. The van der Waals surface area contributed by atoms with Crippen molar-refractivity contribution >= 4 is 24.0 Å². The minimum atomic E-state index is -0.734. The zero-order valence-corrected chi connectivity index (χ0v) is 13.0. The molecule has 0 spiro atoms. The van der Waals surface area contributed by atoms with E-state index in [1.54, 1.807) is 18.2 Å². The van der Waals surface area contributed by atoms with Crippen LogP contribution in [0.3, 0.4) is 0 Å². The molecule has 124 valence electrons. The molecule has 0 radical (unpaired) electrons. The summed E-state index contributed by atoms with van der Waals surface area (Å²) in [6, 6.07) is 4.42. The molecule has 0 aliphatic heterocycles. The molecule has 23 heavy (non-hydrogen) atoms. The molecule has 0 bridgehead atoms. The molecule has 3 amide bonds. The summed E-state index contributed by atoms with van der Waals surface area (Å²) in [5.74, 6) is -0.317. The van der Waals surface area contributed by atoms with Gasteiger partial charge in [0.05, 0.1) is 14.2 Å². The van der Waals surface area contributed by atoms with Crippen molar-refractivity contribution in [2.75, 3.05) is 27.9 Å². The number of ether oxygens (including phenoxy) is 3. The lowest BCUT2D eigenvalue weighted by Gasteiger charge is -2.07. The first-order valence-electron chi connectivity index (χ1n) is 6.58. The number of carbonyl (C=O) groups excluding carboxylic acids is 3. The van der Waals surface area contributed by atoms with Gasteiger partial charge in [-0.25, -0.2) is 9.59 Å². The molecule has 0 unspecified atom stereocenters. The number of benzene rings is 1. The molecule has 0 fully saturated rings. The minimum absolute atomic E-state index is 0.548. The van der Waals surface area contributed by atoms with E-state index < -0.39 is 24.5 Å². The normalized spacial score (nSPS) is 10.0. The topological polar surface area (TPSA) is 103 Å². The summed E-state index contributed by atoms with van der Waals surface area (Å²) in [6.07, 6.45) is 2.62. The molecule has 0 saturated carbocycles. The molecule has 0 saturated heterocycles. The van der Waals surface area contributed by atoms with Crippen LogP contribution in [0.1, 0.15) is 5.56 Å². The van der Waals surface area contributed by atoms with Crippen LogP contribution in [0.5, 0.6) is 11.5 Å². The van der Waals surface area contributed by atoms with Crippen LogP contribution in [0, 0.1) is 0 Å². The molecule has 0 heterocycles. The highest BCUT2D eigenvalue weighted by Gasteiger charge is 2.08. The maximum Gasteiger partial charge on any atom is 0.331 e. The second-order valence-corrected chi connectivity index (χ2v) is 4.18. The number of imide groups is 1. The van der Waals surface area contributed by atoms with Gasteiger partial charge in [-0.05, 0) is 24.3 Å². The van der Waals surface area contributed by atoms with Crippen LogP contribution in [-0.4, -0.2) is 45.8 Å². The van der Waals surface area contributed by atoms with E-state index >= 15 is 0 Å². The Morgan fingerprint density at radius 2 is 1.91 bits per heavy atom. The van der Waals surface area contributed by atoms with Crippen molar-refractivity contribution in [3.63, 3.8) is 0 Å². The van der Waals surface area contributed by atoms with Gasteiger partial charge in [-0.3, -0.25) is 10.1 Å². The van der Waals surface area contributed by atoms with E-state index in [1.165, 1.54) is 27.3 Å². The summed E-state index contributed by atoms with van der Waals surface area (Å²) in [7, 11) is 4.38. The van der Waals surface area contributed by atoms with Gasteiger partial charge in [0, 0.05) is 18.7 Å². The SMILES string of the molecule is CNC(=O)NC(=O)COC(=O)/C=C/c1cc(OC)ccc1OC. The molecule has 0 aliphatic rings. The van der Waals surface area contributed by atoms with Crippen molar-refractivity contribution in [3.8, 4) is 11.5 Å². The van der Waals surface area contributed by atoms with Gasteiger partial charge >= 0.3 is 12.0 Å². The van der Waals surface area contributed by atoms with Gasteiger partial charge in [0.2, 0.25) is 0 Å². The monoisotopic (exact) mass is 322 g/mol. The van der Waals surface area contributed by atoms with E-state index in [4.69, 9.17) is 14.2 Å². The Hall–Kier alpha value is -3.03. The second-order valence-electron chi connectivity index (χ2n) is 4.18. The average molecular weight is 322 g/mol. The smallest absolute Gasteiger partial charge is 0.331 e. The molecule has 8 heteroatoms. The predicted molar refractivity (Wildman–Crippen MR) is 82.1 cm³/mol. The Morgan fingerprint density at radius 3 is 2.52 bits per heavy atom. The maximum atomic E-state index is 11.6. The first kappa shape index (κ1) is 18.0. The minimum Gasteiger partial charge on any atom is -0.497 e. The molecular formula is C15H18N2O6. The Kier molecular flexibility index (Phi) is 7.12. The van der Waals surface area contributed by atoms with Crippen LogP contribution >= 0.6 is 0 Å². The summed E-state index contributed by atoms with van der Waals surface area (Å²) in [4.78, 5) is 33.7. The zero-order chi connectivity index (χ0) is 17.2. The number of methoxy groups -OCH3 is 2. The highest BCUT2D eigenvalue weighted by Crippen LogP contribution is 2.24. The highest BCUT2D eigenvalue weighted by atomic mass is 16.5. The number of rotatable bonds is 6. The number of urea groups is 1. The van der Waals surface area contributed by atoms with E-state index in [-0.39, 0.29) is 0 Å². The van der Waals surface area contributed by atoms with Gasteiger partial charge in [0.25, 0.3) is 5.91 Å². The number of esters is 1. The van der Waals surface area contributed by atoms with Gasteiger partial charge in [-0.2, -0.15) is 0 Å². The number of nitrogens with one attached hydrogen (secondary N) is 2. The summed E-state index contributed by atoms with van der Waals surface area (Å²) in [6.45, 7) is -0.564. The molecule has 0 aliphatic carbocycles. The first-order chi connectivity index (χ1) is 11.0. The number of hydrogen-bond donors (Lipinski definition) is 2. The van der Waals surface area contributed by atoms with E-state index in [9.17, 15) is 14.4 Å². The van der Waals surface area contributed by atoms with Gasteiger partial charge < -0.3 is 19.5 Å². The van der Waals surface area contributed by atoms with Gasteiger partial charge in [-0.15, -0.1) is 0 Å². The van der Waals surface area contributed by atoms with Crippen molar-refractivity contribution in [1.29, 1.82) is 0 Å². The van der Waals surface area contributed by atoms with Crippen LogP contribution in [-0.2, 0) is 14.3 Å². The van der Waals surface area contributed by atoms with Gasteiger partial charge in [-0.1, -0.05) is 0 Å². The van der Waals surface area contributed by atoms with Crippen LogP contribution in [0.4, 0.5) is 4.79 Å². The fourth-order valence-corrected chi connectivity index (χ4v) is 1.54. The third-order valence-corrected chi connectivity index (χ3v) is 2.66. The van der Waals surface area contributed by atoms with E-state index in [2.05, 4.69) is 5.32 Å². The molecule has 1 aromatic rings. The van der Waals surface area contributed by atoms with E-state index in [0.717, 1.165) is 6.08 Å². The number of amides is 3. The molecular weight excluding hydrogens is 304 g/mol. The largest absolute Gasteiger partial charge is 0.497 e. The Labute approximate surface area is 133 Å². The fourth-order valence-electron chi connectivity index (χ4n) is 1.54. The standard InChI is InChI=1S/C15H18N2O6/c1-16-15(20)17-13(18)9-23-14(19)7-4-10-8-11(21-2)5-6-12(10)22-3/h4-8H,9H2,1-3H3,(H2,16,17,18,20)/b7-4+. The summed E-state index contributed by atoms with van der Waals surface area (Å²) >= 11 is 0. The lowest BCUT2D eigenvalue weighted by atomic mass is 10.1. The molecule has 1 rings (SSSR count). The Morgan fingerprint density at radius 1 is 1.17 bits per heavy atom. The van der Waals surface area contributed by atoms with Crippen LogP contribution in [0.15, 0.2) is 24.3 Å². The number of hydrogen-bond acceptors (Lipinski definition) is 6.